The number of fused-ring (bicyclic) bond motifs is 1. The minimum atomic E-state index is 0.440. The molecule has 0 unspecified atom stereocenters. The molecule has 4 heterocycles. The SMILES string of the molecule is COc1ccc(-c2c(C#N)cc3cnc(Nc4ccc(N5CCNCC5)cc4)nn23)cn1. The number of aromatic nitrogens is 4. The highest BCUT2D eigenvalue weighted by Gasteiger charge is 2.15. The molecule has 3 aromatic heterocycles. The normalized spacial score (nSPS) is 13.7. The fraction of sp³-hybridized carbons (Fsp3) is 0.217. The first kappa shape index (κ1) is 19.8. The van der Waals surface area contributed by atoms with Crippen molar-refractivity contribution in [2.75, 3.05) is 43.5 Å². The molecule has 5 rings (SSSR count). The van der Waals surface area contributed by atoms with E-state index in [4.69, 9.17) is 4.74 Å². The summed E-state index contributed by atoms with van der Waals surface area (Å²) in [6.45, 7) is 4.01. The van der Waals surface area contributed by atoms with Crippen LogP contribution in [0.15, 0.2) is 54.9 Å². The molecule has 32 heavy (non-hydrogen) atoms. The zero-order valence-corrected chi connectivity index (χ0v) is 17.6. The summed E-state index contributed by atoms with van der Waals surface area (Å²) < 4.78 is 6.85. The van der Waals surface area contributed by atoms with Gasteiger partial charge in [0.15, 0.2) is 0 Å². The maximum atomic E-state index is 9.64. The van der Waals surface area contributed by atoms with Crippen LogP contribution in [0.3, 0.4) is 0 Å². The Morgan fingerprint density at radius 2 is 1.88 bits per heavy atom. The van der Waals surface area contributed by atoms with E-state index >= 15 is 0 Å². The fourth-order valence-electron chi connectivity index (χ4n) is 3.84. The van der Waals surface area contributed by atoms with Crippen molar-refractivity contribution in [3.8, 4) is 23.2 Å². The third-order valence-electron chi connectivity index (χ3n) is 5.46. The van der Waals surface area contributed by atoms with E-state index in [9.17, 15) is 5.26 Å². The quantitative estimate of drug-likeness (QED) is 0.502. The molecule has 0 bridgehead atoms. The molecule has 1 aromatic carbocycles. The first-order valence-corrected chi connectivity index (χ1v) is 10.4. The van der Waals surface area contributed by atoms with E-state index in [-0.39, 0.29) is 0 Å². The molecule has 4 aromatic rings. The molecular formula is C23H22N8O. The molecular weight excluding hydrogens is 404 g/mol. The van der Waals surface area contributed by atoms with Gasteiger partial charge in [0.2, 0.25) is 11.8 Å². The monoisotopic (exact) mass is 426 g/mol. The van der Waals surface area contributed by atoms with E-state index in [1.165, 1.54) is 5.69 Å². The van der Waals surface area contributed by atoms with Gasteiger partial charge in [-0.1, -0.05) is 0 Å². The Labute approximate surface area is 185 Å². The van der Waals surface area contributed by atoms with Gasteiger partial charge < -0.3 is 20.3 Å². The Morgan fingerprint density at radius 1 is 1.06 bits per heavy atom. The fourth-order valence-corrected chi connectivity index (χ4v) is 3.84. The lowest BCUT2D eigenvalue weighted by Gasteiger charge is -2.29. The van der Waals surface area contributed by atoms with Crippen molar-refractivity contribution in [3.05, 3.63) is 60.4 Å². The summed E-state index contributed by atoms with van der Waals surface area (Å²) in [5.41, 5.74) is 4.76. The van der Waals surface area contributed by atoms with E-state index in [2.05, 4.69) is 48.8 Å². The molecule has 0 atom stereocenters. The number of nitrogens with one attached hydrogen (secondary N) is 2. The number of ether oxygens (including phenoxy) is 1. The molecule has 2 N–H and O–H groups in total. The molecule has 9 nitrogen and oxygen atoms in total. The number of nitriles is 1. The Hall–Kier alpha value is -4.16. The first-order chi connectivity index (χ1) is 15.7. The molecule has 1 aliphatic rings. The van der Waals surface area contributed by atoms with Crippen molar-refractivity contribution < 1.29 is 4.74 Å². The van der Waals surface area contributed by atoms with Gasteiger partial charge >= 0.3 is 0 Å². The Morgan fingerprint density at radius 3 is 2.56 bits per heavy atom. The number of methoxy groups -OCH3 is 1. The van der Waals surface area contributed by atoms with Crippen LogP contribution in [0, 0.1) is 11.3 Å². The van der Waals surface area contributed by atoms with E-state index < -0.39 is 0 Å². The lowest BCUT2D eigenvalue weighted by molar-refractivity contribution is 0.398. The molecule has 0 amide bonds. The molecule has 0 saturated carbocycles. The van der Waals surface area contributed by atoms with Crippen molar-refractivity contribution in [2.24, 2.45) is 0 Å². The van der Waals surface area contributed by atoms with Gasteiger partial charge in [0.1, 0.15) is 6.07 Å². The maximum absolute atomic E-state index is 9.64. The number of hydrogen-bond donors (Lipinski definition) is 2. The second-order valence-electron chi connectivity index (χ2n) is 7.44. The highest BCUT2D eigenvalue weighted by Crippen LogP contribution is 2.28. The number of hydrogen-bond acceptors (Lipinski definition) is 8. The van der Waals surface area contributed by atoms with E-state index in [1.54, 1.807) is 36.2 Å². The standard InChI is InChI=1S/C23H22N8O/c1-32-21-7-2-16(14-26-21)22-17(13-24)12-20-15-27-23(29-31(20)22)28-18-3-5-19(6-4-18)30-10-8-25-9-11-30/h2-7,12,14-15,25H,8-11H2,1H3,(H,28,29). The van der Waals surface area contributed by atoms with Gasteiger partial charge in [0.25, 0.3) is 0 Å². The highest BCUT2D eigenvalue weighted by molar-refractivity contribution is 5.74. The van der Waals surface area contributed by atoms with Crippen LogP contribution < -0.4 is 20.3 Å². The summed E-state index contributed by atoms with van der Waals surface area (Å²) in [5.74, 6) is 0.949. The minimum Gasteiger partial charge on any atom is -0.481 e. The van der Waals surface area contributed by atoms with Gasteiger partial charge in [-0.3, -0.25) is 0 Å². The molecule has 0 aliphatic carbocycles. The second-order valence-corrected chi connectivity index (χ2v) is 7.44. The van der Waals surface area contributed by atoms with Crippen LogP contribution in [-0.4, -0.2) is 52.9 Å². The van der Waals surface area contributed by atoms with E-state index in [0.717, 1.165) is 42.9 Å². The van der Waals surface area contributed by atoms with Crippen LogP contribution in [0.4, 0.5) is 17.3 Å². The Bertz CT molecular complexity index is 1270. The average molecular weight is 426 g/mol. The van der Waals surface area contributed by atoms with Gasteiger partial charge in [0, 0.05) is 55.4 Å². The third kappa shape index (κ3) is 3.79. The summed E-state index contributed by atoms with van der Waals surface area (Å²) >= 11 is 0. The van der Waals surface area contributed by atoms with Crippen LogP contribution in [-0.2, 0) is 0 Å². The molecule has 0 radical (unpaired) electrons. The largest absolute Gasteiger partial charge is 0.481 e. The smallest absolute Gasteiger partial charge is 0.245 e. The highest BCUT2D eigenvalue weighted by atomic mass is 16.5. The van der Waals surface area contributed by atoms with Crippen molar-refractivity contribution in [1.29, 1.82) is 5.26 Å². The van der Waals surface area contributed by atoms with Crippen LogP contribution in [0.25, 0.3) is 16.8 Å². The van der Waals surface area contributed by atoms with Gasteiger partial charge in [0.05, 0.1) is 30.1 Å². The van der Waals surface area contributed by atoms with Crippen molar-refractivity contribution >= 4 is 22.8 Å². The molecule has 160 valence electrons. The molecule has 9 heteroatoms. The number of anilines is 3. The summed E-state index contributed by atoms with van der Waals surface area (Å²) in [6, 6.07) is 15.9. The summed E-state index contributed by atoms with van der Waals surface area (Å²) in [7, 11) is 1.57. The van der Waals surface area contributed by atoms with Gasteiger partial charge in [-0.15, -0.1) is 5.10 Å². The summed E-state index contributed by atoms with van der Waals surface area (Å²) in [5, 5.41) is 20.9. The second kappa shape index (κ2) is 8.53. The number of piperazine rings is 1. The zero-order chi connectivity index (χ0) is 21.9. The summed E-state index contributed by atoms with van der Waals surface area (Å²) in [6.07, 6.45) is 3.37. The Balaban J connectivity index is 1.44. The van der Waals surface area contributed by atoms with Crippen molar-refractivity contribution in [1.82, 2.24) is 24.9 Å². The topological polar surface area (TPSA) is 103 Å². The van der Waals surface area contributed by atoms with Gasteiger partial charge in [-0.2, -0.15) is 5.26 Å². The van der Waals surface area contributed by atoms with Gasteiger partial charge in [-0.05, 0) is 36.4 Å². The lowest BCUT2D eigenvalue weighted by Crippen LogP contribution is -2.43. The number of nitrogens with zero attached hydrogens (tertiary/aromatic N) is 6. The lowest BCUT2D eigenvalue weighted by atomic mass is 10.1. The molecule has 0 spiro atoms. The number of rotatable bonds is 5. The predicted octanol–water partition coefficient (Wildman–Crippen LogP) is 2.82. The Kier molecular flexibility index (Phi) is 5.27. The van der Waals surface area contributed by atoms with Crippen LogP contribution in [0.1, 0.15) is 5.56 Å². The number of pyridine rings is 1. The molecule has 1 aliphatic heterocycles. The van der Waals surface area contributed by atoms with Crippen molar-refractivity contribution in [2.45, 2.75) is 0 Å². The van der Waals surface area contributed by atoms with Crippen LogP contribution >= 0.6 is 0 Å². The minimum absolute atomic E-state index is 0.440. The van der Waals surface area contributed by atoms with Crippen LogP contribution in [0.5, 0.6) is 5.88 Å². The summed E-state index contributed by atoms with van der Waals surface area (Å²) in [4.78, 5) is 11.0. The molecule has 1 saturated heterocycles. The van der Waals surface area contributed by atoms with Crippen LogP contribution in [0.2, 0.25) is 0 Å². The molecule has 1 fully saturated rings. The van der Waals surface area contributed by atoms with Gasteiger partial charge in [-0.25, -0.2) is 14.5 Å². The number of benzene rings is 1. The van der Waals surface area contributed by atoms with E-state index in [1.807, 2.05) is 18.2 Å². The zero-order valence-electron chi connectivity index (χ0n) is 17.6. The maximum Gasteiger partial charge on any atom is 0.245 e. The third-order valence-corrected chi connectivity index (χ3v) is 5.46. The predicted molar refractivity (Wildman–Crippen MR) is 122 cm³/mol. The van der Waals surface area contributed by atoms with E-state index in [0.29, 0.717) is 23.1 Å². The van der Waals surface area contributed by atoms with Crippen molar-refractivity contribution in [3.63, 3.8) is 0 Å². The average Bonchev–Trinajstić information content (AvgIpc) is 3.23. The first-order valence-electron chi connectivity index (χ1n) is 10.4.